The minimum absolute atomic E-state index is 0.544. The molecule has 2 aliphatic rings. The number of hydrogen-bond donors (Lipinski definition) is 1. The maximum atomic E-state index is 3.56. The summed E-state index contributed by atoms with van der Waals surface area (Å²) in [6.45, 7) is 3.56. The zero-order chi connectivity index (χ0) is 12.3. The van der Waals surface area contributed by atoms with Gasteiger partial charge in [0.25, 0.3) is 0 Å². The summed E-state index contributed by atoms with van der Waals surface area (Å²) in [7, 11) is 6.62. The summed E-state index contributed by atoms with van der Waals surface area (Å²) in [5.41, 5.74) is 1.64. The molecule has 0 aromatic heterocycles. The fourth-order valence-corrected chi connectivity index (χ4v) is 3.17. The van der Waals surface area contributed by atoms with Gasteiger partial charge in [-0.25, -0.2) is 0 Å². The van der Waals surface area contributed by atoms with Gasteiger partial charge in [0, 0.05) is 31.7 Å². The SMILES string of the molecule is CNC(C1=CCCCC1)C1CN(C)CCN1C. The van der Waals surface area contributed by atoms with Gasteiger partial charge in [-0.2, -0.15) is 0 Å². The van der Waals surface area contributed by atoms with Crippen LogP contribution in [0.25, 0.3) is 0 Å². The van der Waals surface area contributed by atoms with E-state index in [1.54, 1.807) is 5.57 Å². The third-order valence-corrected chi connectivity index (χ3v) is 4.32. The molecule has 1 aliphatic carbocycles. The van der Waals surface area contributed by atoms with E-state index in [-0.39, 0.29) is 0 Å². The summed E-state index contributed by atoms with van der Waals surface area (Å²) < 4.78 is 0. The first-order chi connectivity index (χ1) is 8.22. The van der Waals surface area contributed by atoms with E-state index in [2.05, 4.69) is 42.3 Å². The minimum atomic E-state index is 0.544. The van der Waals surface area contributed by atoms with Gasteiger partial charge in [-0.1, -0.05) is 11.6 Å². The monoisotopic (exact) mass is 237 g/mol. The van der Waals surface area contributed by atoms with Crippen molar-refractivity contribution in [2.75, 3.05) is 40.8 Å². The molecular formula is C14H27N3. The number of nitrogens with one attached hydrogen (secondary N) is 1. The van der Waals surface area contributed by atoms with Gasteiger partial charge in [-0.3, -0.25) is 4.90 Å². The number of hydrogen-bond acceptors (Lipinski definition) is 3. The van der Waals surface area contributed by atoms with Gasteiger partial charge < -0.3 is 10.2 Å². The molecule has 3 nitrogen and oxygen atoms in total. The van der Waals surface area contributed by atoms with E-state index in [0.29, 0.717) is 12.1 Å². The molecule has 0 saturated carbocycles. The van der Waals surface area contributed by atoms with Crippen LogP contribution in [0.2, 0.25) is 0 Å². The topological polar surface area (TPSA) is 18.5 Å². The third kappa shape index (κ3) is 3.09. The van der Waals surface area contributed by atoms with Crippen molar-refractivity contribution in [3.8, 4) is 0 Å². The predicted octanol–water partition coefficient (Wildman–Crippen LogP) is 1.32. The maximum absolute atomic E-state index is 3.56. The van der Waals surface area contributed by atoms with Crippen LogP contribution in [-0.4, -0.2) is 62.7 Å². The maximum Gasteiger partial charge on any atom is 0.0447 e. The molecule has 0 radical (unpaired) electrons. The van der Waals surface area contributed by atoms with Crippen LogP contribution in [0.5, 0.6) is 0 Å². The van der Waals surface area contributed by atoms with Gasteiger partial charge >= 0.3 is 0 Å². The third-order valence-electron chi connectivity index (χ3n) is 4.32. The van der Waals surface area contributed by atoms with Crippen molar-refractivity contribution in [3.63, 3.8) is 0 Å². The highest BCUT2D eigenvalue weighted by molar-refractivity contribution is 5.17. The zero-order valence-corrected chi connectivity index (χ0v) is 11.6. The Morgan fingerprint density at radius 2 is 2.12 bits per heavy atom. The first-order valence-electron chi connectivity index (χ1n) is 6.97. The van der Waals surface area contributed by atoms with Crippen molar-refractivity contribution in [2.45, 2.75) is 37.8 Å². The highest BCUT2D eigenvalue weighted by Gasteiger charge is 2.31. The van der Waals surface area contributed by atoms with E-state index in [0.717, 1.165) is 0 Å². The Balaban J connectivity index is 2.07. The van der Waals surface area contributed by atoms with E-state index in [1.807, 2.05) is 0 Å². The lowest BCUT2D eigenvalue weighted by molar-refractivity contribution is 0.0966. The standard InChI is InChI=1S/C14H27N3/c1-15-14(12-7-5-4-6-8-12)13-11-16(2)9-10-17(13)3/h7,13-15H,4-6,8-11H2,1-3H3. The van der Waals surface area contributed by atoms with Crippen LogP contribution in [-0.2, 0) is 0 Å². The molecule has 1 N–H and O–H groups in total. The van der Waals surface area contributed by atoms with Crippen molar-refractivity contribution >= 4 is 0 Å². The van der Waals surface area contributed by atoms with E-state index in [1.165, 1.54) is 45.3 Å². The Bertz CT molecular complexity index is 275. The van der Waals surface area contributed by atoms with Crippen molar-refractivity contribution < 1.29 is 0 Å². The molecule has 0 bridgehead atoms. The number of rotatable bonds is 3. The highest BCUT2D eigenvalue weighted by Crippen LogP contribution is 2.24. The lowest BCUT2D eigenvalue weighted by Gasteiger charge is -2.43. The molecule has 0 aromatic rings. The van der Waals surface area contributed by atoms with Gasteiger partial charge in [0.2, 0.25) is 0 Å². The molecule has 1 saturated heterocycles. The van der Waals surface area contributed by atoms with Crippen LogP contribution in [0.4, 0.5) is 0 Å². The first kappa shape index (κ1) is 13.1. The normalized spacial score (nSPS) is 30.1. The Morgan fingerprint density at radius 1 is 1.29 bits per heavy atom. The smallest absolute Gasteiger partial charge is 0.0447 e. The second-order valence-electron chi connectivity index (χ2n) is 5.60. The summed E-state index contributed by atoms with van der Waals surface area (Å²) in [6, 6.07) is 1.17. The molecular weight excluding hydrogens is 210 g/mol. The van der Waals surface area contributed by atoms with Crippen molar-refractivity contribution in [2.24, 2.45) is 0 Å². The minimum Gasteiger partial charge on any atom is -0.312 e. The molecule has 2 atom stereocenters. The molecule has 0 spiro atoms. The molecule has 2 rings (SSSR count). The van der Waals surface area contributed by atoms with Gasteiger partial charge in [0.15, 0.2) is 0 Å². The van der Waals surface area contributed by atoms with E-state index < -0.39 is 0 Å². The summed E-state index contributed by atoms with van der Waals surface area (Å²) in [6.07, 6.45) is 7.79. The average Bonchev–Trinajstić information content (AvgIpc) is 2.36. The van der Waals surface area contributed by atoms with Gasteiger partial charge in [0.1, 0.15) is 0 Å². The van der Waals surface area contributed by atoms with Crippen LogP contribution < -0.4 is 5.32 Å². The second-order valence-corrected chi connectivity index (χ2v) is 5.60. The Labute approximate surface area is 106 Å². The molecule has 1 fully saturated rings. The highest BCUT2D eigenvalue weighted by atomic mass is 15.3. The lowest BCUT2D eigenvalue weighted by atomic mass is 9.88. The largest absolute Gasteiger partial charge is 0.312 e. The second kappa shape index (κ2) is 5.98. The fraction of sp³-hybridized carbons (Fsp3) is 0.857. The molecule has 0 aromatic carbocycles. The van der Waals surface area contributed by atoms with Crippen LogP contribution >= 0.6 is 0 Å². The summed E-state index contributed by atoms with van der Waals surface area (Å²) in [5, 5.41) is 3.56. The number of likely N-dealkylation sites (N-methyl/N-ethyl adjacent to an activating group) is 3. The average molecular weight is 237 g/mol. The number of piperazine rings is 1. The van der Waals surface area contributed by atoms with Gasteiger partial charge in [-0.15, -0.1) is 0 Å². The first-order valence-corrected chi connectivity index (χ1v) is 6.97. The summed E-state index contributed by atoms with van der Waals surface area (Å²) in [4.78, 5) is 4.98. The van der Waals surface area contributed by atoms with Crippen LogP contribution in [0.3, 0.4) is 0 Å². The van der Waals surface area contributed by atoms with Crippen LogP contribution in [0.1, 0.15) is 25.7 Å². The molecule has 2 unspecified atom stereocenters. The molecule has 98 valence electrons. The predicted molar refractivity (Wildman–Crippen MR) is 73.3 cm³/mol. The number of allylic oxidation sites excluding steroid dienone is 1. The van der Waals surface area contributed by atoms with Crippen LogP contribution in [0.15, 0.2) is 11.6 Å². The molecule has 1 aliphatic heterocycles. The number of nitrogens with zero attached hydrogens (tertiary/aromatic N) is 2. The summed E-state index contributed by atoms with van der Waals surface area (Å²) in [5.74, 6) is 0. The van der Waals surface area contributed by atoms with Gasteiger partial charge in [0.05, 0.1) is 0 Å². The van der Waals surface area contributed by atoms with Gasteiger partial charge in [-0.05, 0) is 46.8 Å². The molecule has 17 heavy (non-hydrogen) atoms. The fourth-order valence-electron chi connectivity index (χ4n) is 3.17. The van der Waals surface area contributed by atoms with Crippen molar-refractivity contribution in [3.05, 3.63) is 11.6 Å². The van der Waals surface area contributed by atoms with E-state index in [4.69, 9.17) is 0 Å². The van der Waals surface area contributed by atoms with E-state index >= 15 is 0 Å². The Morgan fingerprint density at radius 3 is 2.76 bits per heavy atom. The molecule has 3 heteroatoms. The van der Waals surface area contributed by atoms with Crippen LogP contribution in [0, 0.1) is 0 Å². The Hall–Kier alpha value is -0.380. The molecule has 1 heterocycles. The molecule has 0 amide bonds. The zero-order valence-electron chi connectivity index (χ0n) is 11.6. The lowest BCUT2D eigenvalue weighted by Crippen LogP contribution is -2.58. The Kier molecular flexibility index (Phi) is 4.60. The van der Waals surface area contributed by atoms with Crippen molar-refractivity contribution in [1.29, 1.82) is 0 Å². The summed E-state index contributed by atoms with van der Waals surface area (Å²) >= 11 is 0. The van der Waals surface area contributed by atoms with Crippen molar-refractivity contribution in [1.82, 2.24) is 15.1 Å². The quantitative estimate of drug-likeness (QED) is 0.747. The van der Waals surface area contributed by atoms with E-state index in [9.17, 15) is 0 Å².